The van der Waals surface area contributed by atoms with Gasteiger partial charge >= 0.3 is 0 Å². The lowest BCUT2D eigenvalue weighted by Crippen LogP contribution is -2.42. The highest BCUT2D eigenvalue weighted by Gasteiger charge is 2.47. The van der Waals surface area contributed by atoms with Gasteiger partial charge in [0.1, 0.15) is 5.82 Å². The van der Waals surface area contributed by atoms with Gasteiger partial charge in [0, 0.05) is 25.6 Å². The Balaban J connectivity index is 1.44. The van der Waals surface area contributed by atoms with Crippen molar-refractivity contribution in [2.24, 2.45) is 11.8 Å². The molecule has 4 heteroatoms. The van der Waals surface area contributed by atoms with Crippen LogP contribution in [0.4, 0.5) is 4.39 Å². The van der Waals surface area contributed by atoms with Gasteiger partial charge in [-0.05, 0) is 62.7 Å². The van der Waals surface area contributed by atoms with Gasteiger partial charge in [-0.3, -0.25) is 4.79 Å². The molecule has 3 rings (SSSR count). The molecule has 1 saturated carbocycles. The summed E-state index contributed by atoms with van der Waals surface area (Å²) in [5.74, 6) is 0.863. The molecular weight excluding hydrogens is 315 g/mol. The van der Waals surface area contributed by atoms with Crippen molar-refractivity contribution in [2.45, 2.75) is 44.9 Å². The Labute approximate surface area is 151 Å². The molecule has 1 aliphatic heterocycles. The molecule has 138 valence electrons. The summed E-state index contributed by atoms with van der Waals surface area (Å²) < 4.78 is 13.9. The Morgan fingerprint density at radius 1 is 1.28 bits per heavy atom. The number of benzene rings is 1. The first-order chi connectivity index (χ1) is 12.1. The monoisotopic (exact) mass is 346 g/mol. The summed E-state index contributed by atoms with van der Waals surface area (Å²) in [7, 11) is 2.20. The van der Waals surface area contributed by atoms with Crippen LogP contribution in [0.1, 0.15) is 50.5 Å². The van der Waals surface area contributed by atoms with E-state index in [2.05, 4.69) is 18.9 Å². The lowest BCUT2D eigenvalue weighted by Gasteiger charge is -2.34. The molecule has 1 heterocycles. The van der Waals surface area contributed by atoms with Gasteiger partial charge in [0.2, 0.25) is 5.91 Å². The molecule has 2 aliphatic rings. The highest BCUT2D eigenvalue weighted by atomic mass is 19.1. The molecule has 0 bridgehead atoms. The summed E-state index contributed by atoms with van der Waals surface area (Å²) in [6, 6.07) is 6.89. The lowest BCUT2D eigenvalue weighted by atomic mass is 9.95. The van der Waals surface area contributed by atoms with Crippen LogP contribution in [0.25, 0.3) is 0 Å². The van der Waals surface area contributed by atoms with Crippen LogP contribution < -0.4 is 0 Å². The molecule has 0 aromatic heterocycles. The van der Waals surface area contributed by atoms with Crippen LogP contribution in [0.15, 0.2) is 24.3 Å². The third kappa shape index (κ3) is 4.60. The second-order valence-electron chi connectivity index (χ2n) is 7.85. The summed E-state index contributed by atoms with van der Waals surface area (Å²) in [6.07, 6.45) is 5.49. The Bertz CT molecular complexity index is 583. The number of hydrogen-bond donors (Lipinski definition) is 0. The van der Waals surface area contributed by atoms with Crippen molar-refractivity contribution < 1.29 is 9.18 Å². The number of hydrogen-bond acceptors (Lipinski definition) is 2. The van der Waals surface area contributed by atoms with Crippen LogP contribution in [0.3, 0.4) is 0 Å². The fourth-order valence-electron chi connectivity index (χ4n) is 4.12. The topological polar surface area (TPSA) is 23.6 Å². The maximum atomic E-state index is 13.9. The molecule has 1 saturated heterocycles. The van der Waals surface area contributed by atoms with Crippen LogP contribution in [0.2, 0.25) is 0 Å². The van der Waals surface area contributed by atoms with Crippen molar-refractivity contribution in [3.05, 3.63) is 35.6 Å². The SMILES string of the molecule is CCCCN(C)CC1CCN(C(=O)C2CC2c2ccccc2F)CC1. The highest BCUT2D eigenvalue weighted by molar-refractivity contribution is 5.83. The third-order valence-corrected chi connectivity index (χ3v) is 5.80. The predicted octanol–water partition coefficient (Wildman–Crippen LogP) is 3.90. The van der Waals surface area contributed by atoms with Crippen LogP contribution in [0, 0.1) is 17.7 Å². The van der Waals surface area contributed by atoms with Crippen molar-refractivity contribution in [3.63, 3.8) is 0 Å². The van der Waals surface area contributed by atoms with E-state index in [0.717, 1.165) is 38.9 Å². The van der Waals surface area contributed by atoms with Crippen molar-refractivity contribution in [1.29, 1.82) is 0 Å². The highest BCUT2D eigenvalue weighted by Crippen LogP contribution is 2.49. The van der Waals surface area contributed by atoms with E-state index in [1.807, 2.05) is 17.0 Å². The number of nitrogens with zero attached hydrogens (tertiary/aromatic N) is 2. The van der Waals surface area contributed by atoms with Crippen molar-refractivity contribution >= 4 is 5.91 Å². The molecule has 1 aromatic carbocycles. The second-order valence-corrected chi connectivity index (χ2v) is 7.85. The standard InChI is InChI=1S/C21H31FN2O/c1-3-4-11-23(2)15-16-9-12-24(13-10-16)21(25)19-14-18(19)17-7-5-6-8-20(17)22/h5-8,16,18-19H,3-4,9-15H2,1-2H3. The molecule has 0 spiro atoms. The predicted molar refractivity (Wildman–Crippen MR) is 99.0 cm³/mol. The summed E-state index contributed by atoms with van der Waals surface area (Å²) in [6.45, 7) is 6.27. The summed E-state index contributed by atoms with van der Waals surface area (Å²) in [5.41, 5.74) is 0.716. The summed E-state index contributed by atoms with van der Waals surface area (Å²) >= 11 is 0. The normalized spacial score (nSPS) is 23.9. The number of halogens is 1. The number of piperidine rings is 1. The minimum absolute atomic E-state index is 0.000628. The molecular formula is C21H31FN2O. The first-order valence-electron chi connectivity index (χ1n) is 9.82. The number of carbonyl (C=O) groups excluding carboxylic acids is 1. The minimum Gasteiger partial charge on any atom is -0.342 e. The van der Waals surface area contributed by atoms with Gasteiger partial charge in [-0.1, -0.05) is 31.5 Å². The molecule has 2 unspecified atom stereocenters. The second kappa shape index (κ2) is 8.31. The Hall–Kier alpha value is -1.42. The zero-order valence-corrected chi connectivity index (χ0v) is 15.6. The Kier molecular flexibility index (Phi) is 6.10. The van der Waals surface area contributed by atoms with E-state index in [9.17, 15) is 9.18 Å². The van der Waals surface area contributed by atoms with Gasteiger partial charge in [0.25, 0.3) is 0 Å². The molecule has 1 aliphatic carbocycles. The molecule has 1 amide bonds. The molecule has 3 nitrogen and oxygen atoms in total. The maximum absolute atomic E-state index is 13.9. The van der Waals surface area contributed by atoms with Gasteiger partial charge in [0.15, 0.2) is 0 Å². The molecule has 25 heavy (non-hydrogen) atoms. The molecule has 1 aromatic rings. The molecule has 2 atom stereocenters. The third-order valence-electron chi connectivity index (χ3n) is 5.80. The zero-order chi connectivity index (χ0) is 17.8. The number of likely N-dealkylation sites (tertiary alicyclic amines) is 1. The zero-order valence-electron chi connectivity index (χ0n) is 15.6. The average molecular weight is 346 g/mol. The fourth-order valence-corrected chi connectivity index (χ4v) is 4.12. The van der Waals surface area contributed by atoms with Gasteiger partial charge in [0.05, 0.1) is 0 Å². The van der Waals surface area contributed by atoms with Crippen LogP contribution >= 0.6 is 0 Å². The van der Waals surface area contributed by atoms with Crippen molar-refractivity contribution in [3.8, 4) is 0 Å². The van der Waals surface area contributed by atoms with Gasteiger partial charge in [-0.15, -0.1) is 0 Å². The minimum atomic E-state index is -0.170. The van der Waals surface area contributed by atoms with Gasteiger partial charge < -0.3 is 9.80 Å². The number of amides is 1. The fraction of sp³-hybridized carbons (Fsp3) is 0.667. The summed E-state index contributed by atoms with van der Waals surface area (Å²) in [5, 5.41) is 0. The van der Waals surface area contributed by atoms with E-state index in [4.69, 9.17) is 0 Å². The maximum Gasteiger partial charge on any atom is 0.226 e. The number of rotatable bonds is 7. The Morgan fingerprint density at radius 3 is 2.68 bits per heavy atom. The van der Waals surface area contributed by atoms with E-state index in [-0.39, 0.29) is 23.6 Å². The quantitative estimate of drug-likeness (QED) is 0.747. The van der Waals surface area contributed by atoms with E-state index in [0.29, 0.717) is 11.5 Å². The summed E-state index contributed by atoms with van der Waals surface area (Å²) in [4.78, 5) is 17.2. The van der Waals surface area contributed by atoms with Gasteiger partial charge in [-0.2, -0.15) is 0 Å². The van der Waals surface area contributed by atoms with E-state index >= 15 is 0 Å². The molecule has 0 N–H and O–H groups in total. The average Bonchev–Trinajstić information content (AvgIpc) is 3.41. The van der Waals surface area contributed by atoms with Crippen LogP contribution in [-0.2, 0) is 4.79 Å². The Morgan fingerprint density at radius 2 is 2.00 bits per heavy atom. The first kappa shape index (κ1) is 18.4. The first-order valence-corrected chi connectivity index (χ1v) is 9.82. The molecule has 2 fully saturated rings. The number of unbranched alkanes of at least 4 members (excludes halogenated alkanes) is 1. The molecule has 0 radical (unpaired) electrons. The largest absolute Gasteiger partial charge is 0.342 e. The van der Waals surface area contributed by atoms with Crippen molar-refractivity contribution in [1.82, 2.24) is 9.80 Å². The van der Waals surface area contributed by atoms with Crippen molar-refractivity contribution in [2.75, 3.05) is 33.2 Å². The van der Waals surface area contributed by atoms with E-state index in [1.165, 1.54) is 25.5 Å². The van der Waals surface area contributed by atoms with E-state index < -0.39 is 0 Å². The lowest BCUT2D eigenvalue weighted by molar-refractivity contribution is -0.134. The smallest absolute Gasteiger partial charge is 0.226 e. The van der Waals surface area contributed by atoms with E-state index in [1.54, 1.807) is 6.07 Å². The van der Waals surface area contributed by atoms with Gasteiger partial charge in [-0.25, -0.2) is 4.39 Å². The number of carbonyl (C=O) groups is 1. The van der Waals surface area contributed by atoms with Crippen LogP contribution in [0.5, 0.6) is 0 Å². The van der Waals surface area contributed by atoms with Crippen LogP contribution in [-0.4, -0.2) is 48.9 Å².